The van der Waals surface area contributed by atoms with Gasteiger partial charge in [0.25, 0.3) is 0 Å². The highest BCUT2D eigenvalue weighted by Crippen LogP contribution is 2.47. The molecule has 3 aromatic carbocycles. The number of fused-ring (bicyclic) bond motifs is 2. The average Bonchev–Trinajstić information content (AvgIpc) is 3.71. The maximum atomic E-state index is 12.8. The van der Waals surface area contributed by atoms with E-state index in [0.29, 0.717) is 31.2 Å². The maximum Gasteiger partial charge on any atom is 0.411 e. The summed E-state index contributed by atoms with van der Waals surface area (Å²) in [6, 6.07) is 24.3. The van der Waals surface area contributed by atoms with Crippen LogP contribution in [-0.2, 0) is 22.6 Å². The lowest BCUT2D eigenvalue weighted by Crippen LogP contribution is -2.45. The molecular weight excluding hydrogens is 540 g/mol. The molecule has 220 valence electrons. The molecule has 1 saturated carbocycles. The second kappa shape index (κ2) is 11.3. The Bertz CT molecular complexity index is 1700. The number of ether oxygens (including phenoxy) is 3. The van der Waals surface area contributed by atoms with E-state index in [1.807, 2.05) is 53.4 Å². The Kier molecular flexibility index (Phi) is 7.17. The molecule has 2 fully saturated rings. The fraction of sp³-hybridized carbons (Fsp3) is 0.333. The second-order valence-electron chi connectivity index (χ2n) is 11.8. The molecule has 0 radical (unpaired) electrons. The summed E-state index contributed by atoms with van der Waals surface area (Å²) in [7, 11) is 1.41. The van der Waals surface area contributed by atoms with Crippen LogP contribution in [0.2, 0.25) is 0 Å². The van der Waals surface area contributed by atoms with Crippen molar-refractivity contribution in [2.75, 3.05) is 20.3 Å². The number of para-hydroxylation sites is 1. The number of cyclic esters (lactones) is 1. The number of aromatic nitrogens is 1. The van der Waals surface area contributed by atoms with Crippen LogP contribution in [0.15, 0.2) is 84.9 Å². The fourth-order valence-electron chi connectivity index (χ4n) is 7.16. The van der Waals surface area contributed by atoms with E-state index in [9.17, 15) is 9.59 Å². The quantitative estimate of drug-likeness (QED) is 0.161. The van der Waals surface area contributed by atoms with Crippen LogP contribution in [0.25, 0.3) is 22.2 Å². The Balaban J connectivity index is 1.45. The number of benzene rings is 3. The topological polar surface area (TPSA) is 70.0 Å². The third kappa shape index (κ3) is 4.86. The molecule has 1 saturated heterocycles. The van der Waals surface area contributed by atoms with Crippen LogP contribution >= 0.6 is 0 Å². The van der Waals surface area contributed by atoms with Crippen molar-refractivity contribution in [2.24, 2.45) is 0 Å². The molecule has 1 aromatic heterocycles. The molecule has 7 nitrogen and oxygen atoms in total. The number of amides is 1. The van der Waals surface area contributed by atoms with Crippen LogP contribution in [0.4, 0.5) is 4.79 Å². The summed E-state index contributed by atoms with van der Waals surface area (Å²) in [5.41, 5.74) is 5.32. The predicted octanol–water partition coefficient (Wildman–Crippen LogP) is 7.48. The molecular formula is C36H36N2O5. The summed E-state index contributed by atoms with van der Waals surface area (Å²) >= 11 is 0. The summed E-state index contributed by atoms with van der Waals surface area (Å²) in [5, 5.41) is 1.13. The number of esters is 1. The van der Waals surface area contributed by atoms with Gasteiger partial charge in [-0.15, -0.1) is 0 Å². The first kappa shape index (κ1) is 27.3. The zero-order chi connectivity index (χ0) is 29.4. The van der Waals surface area contributed by atoms with Gasteiger partial charge in [0, 0.05) is 23.0 Å². The molecule has 0 bridgehead atoms. The molecule has 7 heteroatoms. The van der Waals surface area contributed by atoms with E-state index in [2.05, 4.69) is 41.0 Å². The monoisotopic (exact) mass is 576 g/mol. The molecule has 43 heavy (non-hydrogen) atoms. The summed E-state index contributed by atoms with van der Waals surface area (Å²) in [4.78, 5) is 27.3. The van der Waals surface area contributed by atoms with Gasteiger partial charge in [0.1, 0.15) is 24.5 Å². The van der Waals surface area contributed by atoms with Crippen molar-refractivity contribution in [2.45, 2.75) is 56.7 Å². The molecule has 0 N–H and O–H groups in total. The largest absolute Gasteiger partial charge is 0.488 e. The molecule has 1 amide bonds. The predicted molar refractivity (Wildman–Crippen MR) is 165 cm³/mol. The van der Waals surface area contributed by atoms with Crippen molar-refractivity contribution < 1.29 is 23.8 Å². The van der Waals surface area contributed by atoms with Gasteiger partial charge in [-0.3, -0.25) is 4.90 Å². The standard InChI is InChI=1S/C36H36N2O5/c1-41-34(39)27-17-18-28-30(21-27)37(23-36-19-10-20-38(36)35(40)43-24-36)33(32(28)26-13-6-3-7-14-26)29-15-8-9-16-31(29)42-22-25-11-4-2-5-12-25/h2,4-5,8-12,15-19,21,26H,3,6-7,13-14,20,22-24H2,1H3/t36-/m1/s1. The molecule has 4 aromatic rings. The van der Waals surface area contributed by atoms with Crippen LogP contribution in [0.5, 0.6) is 5.75 Å². The second-order valence-corrected chi connectivity index (χ2v) is 11.8. The van der Waals surface area contributed by atoms with Crippen molar-refractivity contribution >= 4 is 23.0 Å². The SMILES string of the molecule is COC(=O)c1ccc2c(C3CCCCC3)c(-c3ccccc3OCc3ccccc3)n(C[C@@]34C=CCN3C(=O)OC4)c2c1. The van der Waals surface area contributed by atoms with Gasteiger partial charge in [-0.25, -0.2) is 9.59 Å². The summed E-state index contributed by atoms with van der Waals surface area (Å²) < 4.78 is 19.5. The Morgan fingerprint density at radius 1 is 1.00 bits per heavy atom. The van der Waals surface area contributed by atoms with Crippen molar-refractivity contribution in [1.82, 2.24) is 9.47 Å². The van der Waals surface area contributed by atoms with E-state index in [1.54, 1.807) is 0 Å². The number of hydrogen-bond acceptors (Lipinski definition) is 5. The lowest BCUT2D eigenvalue weighted by molar-refractivity contribution is 0.0601. The Morgan fingerprint density at radius 3 is 2.60 bits per heavy atom. The first-order chi connectivity index (χ1) is 21.1. The minimum Gasteiger partial charge on any atom is -0.488 e. The molecule has 1 aliphatic carbocycles. The molecule has 2 aliphatic heterocycles. The van der Waals surface area contributed by atoms with Crippen molar-refractivity contribution in [3.8, 4) is 17.0 Å². The lowest BCUT2D eigenvalue weighted by Gasteiger charge is -2.30. The van der Waals surface area contributed by atoms with Crippen LogP contribution in [0, 0.1) is 0 Å². The minimum absolute atomic E-state index is 0.281. The van der Waals surface area contributed by atoms with Gasteiger partial charge in [-0.05, 0) is 54.2 Å². The number of carbonyl (C=O) groups excluding carboxylic acids is 2. The number of methoxy groups -OCH3 is 1. The van der Waals surface area contributed by atoms with Crippen molar-refractivity contribution in [1.29, 1.82) is 0 Å². The summed E-state index contributed by atoms with van der Waals surface area (Å²) in [6.45, 7) is 1.74. The number of rotatable bonds is 8. The molecule has 0 unspecified atom stereocenters. The highest BCUT2D eigenvalue weighted by Gasteiger charge is 2.49. The number of nitrogens with zero attached hydrogens (tertiary/aromatic N) is 2. The molecule has 7 rings (SSSR count). The Labute approximate surface area is 251 Å². The van der Waals surface area contributed by atoms with Crippen molar-refractivity contribution in [3.63, 3.8) is 0 Å². The van der Waals surface area contributed by atoms with Gasteiger partial charge in [0.2, 0.25) is 0 Å². The van der Waals surface area contributed by atoms with Crippen LogP contribution in [0.1, 0.15) is 59.5 Å². The molecule has 3 heterocycles. The summed E-state index contributed by atoms with van der Waals surface area (Å²) in [5.74, 6) is 0.797. The maximum absolute atomic E-state index is 12.8. The van der Waals surface area contributed by atoms with E-state index < -0.39 is 5.54 Å². The van der Waals surface area contributed by atoms with Gasteiger partial charge >= 0.3 is 12.1 Å². The molecule has 3 aliphatic rings. The van der Waals surface area contributed by atoms with Gasteiger partial charge in [-0.1, -0.05) is 79.9 Å². The van der Waals surface area contributed by atoms with Gasteiger partial charge in [-0.2, -0.15) is 0 Å². The molecule has 1 atom stereocenters. The normalized spacial score (nSPS) is 19.9. The van der Waals surface area contributed by atoms with Gasteiger partial charge in [0.05, 0.1) is 24.9 Å². The van der Waals surface area contributed by atoms with E-state index in [0.717, 1.165) is 46.3 Å². The van der Waals surface area contributed by atoms with E-state index >= 15 is 0 Å². The highest BCUT2D eigenvalue weighted by atomic mass is 16.6. The highest BCUT2D eigenvalue weighted by molar-refractivity contribution is 5.99. The van der Waals surface area contributed by atoms with Gasteiger partial charge < -0.3 is 18.8 Å². The van der Waals surface area contributed by atoms with Crippen LogP contribution in [0.3, 0.4) is 0 Å². The summed E-state index contributed by atoms with van der Waals surface area (Å²) in [6.07, 6.45) is 9.69. The molecule has 0 spiro atoms. The van der Waals surface area contributed by atoms with E-state index in [4.69, 9.17) is 14.2 Å². The first-order valence-corrected chi connectivity index (χ1v) is 15.2. The number of hydrogen-bond donors (Lipinski definition) is 0. The smallest absolute Gasteiger partial charge is 0.411 e. The van der Waals surface area contributed by atoms with Crippen molar-refractivity contribution in [3.05, 3.63) is 102 Å². The fourth-order valence-corrected chi connectivity index (χ4v) is 7.16. The Morgan fingerprint density at radius 2 is 1.79 bits per heavy atom. The lowest BCUT2D eigenvalue weighted by atomic mass is 9.81. The zero-order valence-electron chi connectivity index (χ0n) is 24.5. The number of carbonyl (C=O) groups is 2. The van der Waals surface area contributed by atoms with E-state index in [-0.39, 0.29) is 18.7 Å². The van der Waals surface area contributed by atoms with E-state index in [1.165, 1.54) is 31.9 Å². The third-order valence-electron chi connectivity index (χ3n) is 9.27. The van der Waals surface area contributed by atoms with Crippen LogP contribution in [-0.4, -0.2) is 47.3 Å². The average molecular weight is 577 g/mol. The zero-order valence-corrected chi connectivity index (χ0v) is 24.5. The third-order valence-corrected chi connectivity index (χ3v) is 9.27. The Hall–Kier alpha value is -4.52. The van der Waals surface area contributed by atoms with Gasteiger partial charge in [0.15, 0.2) is 0 Å². The minimum atomic E-state index is -0.608. The first-order valence-electron chi connectivity index (χ1n) is 15.2. The van der Waals surface area contributed by atoms with Crippen LogP contribution < -0.4 is 4.74 Å².